The van der Waals surface area contributed by atoms with Gasteiger partial charge in [0.15, 0.2) is 0 Å². The summed E-state index contributed by atoms with van der Waals surface area (Å²) in [6.07, 6.45) is 8.03. The molecule has 0 radical (unpaired) electrons. The van der Waals surface area contributed by atoms with Gasteiger partial charge in [0.1, 0.15) is 0 Å². The maximum absolute atomic E-state index is 13.7. The summed E-state index contributed by atoms with van der Waals surface area (Å²) in [5, 5.41) is 0. The number of nitrogens with zero attached hydrogens (tertiary/aromatic N) is 1. The fraction of sp³-hybridized carbons (Fsp3) is 0.682. The van der Waals surface area contributed by atoms with Crippen LogP contribution in [0.1, 0.15) is 51.0 Å². The maximum Gasteiger partial charge on any atom is 0.229 e. The van der Waals surface area contributed by atoms with E-state index in [2.05, 4.69) is 42.2 Å². The summed E-state index contributed by atoms with van der Waals surface area (Å²) < 4.78 is 0. The van der Waals surface area contributed by atoms with Gasteiger partial charge in [0.25, 0.3) is 0 Å². The number of fused-ring (bicyclic) bond motifs is 2. The number of rotatable bonds is 4. The molecule has 0 aromatic heterocycles. The van der Waals surface area contributed by atoms with Gasteiger partial charge in [-0.2, -0.15) is 0 Å². The molecule has 136 valence electrons. The third-order valence-corrected chi connectivity index (χ3v) is 7.33. The van der Waals surface area contributed by atoms with E-state index in [1.165, 1.54) is 24.8 Å². The number of hydrogen-bond donors (Lipinski definition) is 1. The van der Waals surface area contributed by atoms with Gasteiger partial charge in [-0.1, -0.05) is 36.8 Å². The second-order valence-corrected chi connectivity index (χ2v) is 8.89. The standard InChI is InChI=1S/C22H32N2O/c1-16(23)19-9-11-24(12-10-19)21(25)22(14-17-5-3-2-4-6-17)15-18-7-8-20(22)13-18/h2-6,16,18-20H,7-15,23H2,1H3. The Balaban J connectivity index is 1.54. The first kappa shape index (κ1) is 17.1. The van der Waals surface area contributed by atoms with Crippen LogP contribution in [0, 0.1) is 23.2 Å². The molecule has 4 unspecified atom stereocenters. The van der Waals surface area contributed by atoms with Crippen LogP contribution in [0.5, 0.6) is 0 Å². The third kappa shape index (κ3) is 3.12. The molecule has 1 heterocycles. The predicted molar refractivity (Wildman–Crippen MR) is 101 cm³/mol. The summed E-state index contributed by atoms with van der Waals surface area (Å²) in [5.41, 5.74) is 7.28. The van der Waals surface area contributed by atoms with Crippen LogP contribution in [0.4, 0.5) is 0 Å². The van der Waals surface area contributed by atoms with E-state index in [0.29, 0.717) is 17.7 Å². The Morgan fingerprint density at radius 2 is 1.92 bits per heavy atom. The highest BCUT2D eigenvalue weighted by Crippen LogP contribution is 2.58. The van der Waals surface area contributed by atoms with Crippen LogP contribution in [-0.2, 0) is 11.2 Å². The van der Waals surface area contributed by atoms with Crippen molar-refractivity contribution in [3.05, 3.63) is 35.9 Å². The van der Waals surface area contributed by atoms with Crippen molar-refractivity contribution < 1.29 is 4.79 Å². The van der Waals surface area contributed by atoms with E-state index >= 15 is 0 Å². The molecule has 4 rings (SSSR count). The number of piperidine rings is 1. The molecule has 4 atom stereocenters. The minimum atomic E-state index is -0.133. The number of likely N-dealkylation sites (tertiary alicyclic amines) is 1. The molecule has 2 bridgehead atoms. The average Bonchev–Trinajstić information content (AvgIpc) is 3.23. The molecule has 2 N–H and O–H groups in total. The summed E-state index contributed by atoms with van der Waals surface area (Å²) in [6, 6.07) is 10.9. The molecule has 0 spiro atoms. The Kier molecular flexibility index (Phi) is 4.61. The molecular formula is C22H32N2O. The minimum Gasteiger partial charge on any atom is -0.342 e. The van der Waals surface area contributed by atoms with E-state index in [0.717, 1.165) is 44.7 Å². The predicted octanol–water partition coefficient (Wildman–Crippen LogP) is 3.62. The lowest BCUT2D eigenvalue weighted by molar-refractivity contribution is -0.147. The van der Waals surface area contributed by atoms with Gasteiger partial charge in [-0.05, 0) is 68.8 Å². The molecule has 1 saturated heterocycles. The smallest absolute Gasteiger partial charge is 0.229 e. The zero-order valence-electron chi connectivity index (χ0n) is 15.5. The van der Waals surface area contributed by atoms with Gasteiger partial charge >= 0.3 is 0 Å². The van der Waals surface area contributed by atoms with Crippen molar-refractivity contribution in [2.24, 2.45) is 28.9 Å². The van der Waals surface area contributed by atoms with Crippen LogP contribution in [0.2, 0.25) is 0 Å². The third-order valence-electron chi connectivity index (χ3n) is 7.33. The molecule has 3 nitrogen and oxygen atoms in total. The molecule has 1 aromatic rings. The lowest BCUT2D eigenvalue weighted by Crippen LogP contribution is -2.51. The highest BCUT2D eigenvalue weighted by atomic mass is 16.2. The molecule has 1 aliphatic heterocycles. The molecule has 25 heavy (non-hydrogen) atoms. The number of carbonyl (C=O) groups is 1. The van der Waals surface area contributed by atoms with Gasteiger partial charge in [0.2, 0.25) is 5.91 Å². The lowest BCUT2D eigenvalue weighted by atomic mass is 9.68. The average molecular weight is 341 g/mol. The van der Waals surface area contributed by atoms with E-state index in [4.69, 9.17) is 5.73 Å². The largest absolute Gasteiger partial charge is 0.342 e. The van der Waals surface area contributed by atoms with Crippen molar-refractivity contribution in [2.75, 3.05) is 13.1 Å². The van der Waals surface area contributed by atoms with Gasteiger partial charge in [0, 0.05) is 19.1 Å². The Bertz CT molecular complexity index is 606. The Morgan fingerprint density at radius 1 is 1.20 bits per heavy atom. The summed E-state index contributed by atoms with van der Waals surface area (Å²) in [4.78, 5) is 15.9. The van der Waals surface area contributed by atoms with Crippen LogP contribution >= 0.6 is 0 Å². The van der Waals surface area contributed by atoms with Crippen molar-refractivity contribution >= 4 is 5.91 Å². The second-order valence-electron chi connectivity index (χ2n) is 8.89. The highest BCUT2D eigenvalue weighted by Gasteiger charge is 2.56. The van der Waals surface area contributed by atoms with E-state index in [1.54, 1.807) is 0 Å². The molecule has 3 heteroatoms. The normalized spacial score (nSPS) is 33.6. The van der Waals surface area contributed by atoms with Crippen molar-refractivity contribution in [3.8, 4) is 0 Å². The van der Waals surface area contributed by atoms with Crippen LogP contribution in [0.25, 0.3) is 0 Å². The van der Waals surface area contributed by atoms with E-state index < -0.39 is 0 Å². The minimum absolute atomic E-state index is 0.133. The monoisotopic (exact) mass is 340 g/mol. The molecular weight excluding hydrogens is 308 g/mol. The summed E-state index contributed by atoms with van der Waals surface area (Å²) >= 11 is 0. The Hall–Kier alpha value is -1.35. The van der Waals surface area contributed by atoms with Crippen molar-refractivity contribution in [2.45, 2.75) is 57.9 Å². The molecule has 2 saturated carbocycles. The zero-order valence-corrected chi connectivity index (χ0v) is 15.5. The van der Waals surface area contributed by atoms with E-state index in [-0.39, 0.29) is 11.5 Å². The number of benzene rings is 1. The fourth-order valence-electron chi connectivity index (χ4n) is 5.90. The van der Waals surface area contributed by atoms with Gasteiger partial charge in [-0.3, -0.25) is 4.79 Å². The summed E-state index contributed by atoms with van der Waals surface area (Å²) in [6.45, 7) is 3.91. The summed E-state index contributed by atoms with van der Waals surface area (Å²) in [7, 11) is 0. The van der Waals surface area contributed by atoms with Crippen molar-refractivity contribution in [3.63, 3.8) is 0 Å². The van der Waals surface area contributed by atoms with E-state index in [1.807, 2.05) is 0 Å². The van der Waals surface area contributed by atoms with Gasteiger partial charge < -0.3 is 10.6 Å². The van der Waals surface area contributed by atoms with Crippen molar-refractivity contribution in [1.82, 2.24) is 4.90 Å². The van der Waals surface area contributed by atoms with E-state index in [9.17, 15) is 4.79 Å². The van der Waals surface area contributed by atoms with Gasteiger partial charge in [-0.15, -0.1) is 0 Å². The highest BCUT2D eigenvalue weighted by molar-refractivity contribution is 5.84. The van der Waals surface area contributed by atoms with Gasteiger partial charge in [0.05, 0.1) is 5.41 Å². The SMILES string of the molecule is CC(N)C1CCN(C(=O)C2(Cc3ccccc3)CC3CCC2C3)CC1. The second kappa shape index (κ2) is 6.75. The topological polar surface area (TPSA) is 46.3 Å². The number of carbonyl (C=O) groups excluding carboxylic acids is 1. The molecule has 1 amide bonds. The molecule has 3 aliphatic rings. The first-order valence-electron chi connectivity index (χ1n) is 10.2. The van der Waals surface area contributed by atoms with Crippen molar-refractivity contribution in [1.29, 1.82) is 0 Å². The van der Waals surface area contributed by atoms with Crippen LogP contribution in [0.15, 0.2) is 30.3 Å². The molecule has 1 aromatic carbocycles. The van der Waals surface area contributed by atoms with Crippen LogP contribution in [-0.4, -0.2) is 29.9 Å². The number of hydrogen-bond acceptors (Lipinski definition) is 2. The van der Waals surface area contributed by atoms with Crippen LogP contribution in [0.3, 0.4) is 0 Å². The molecule has 3 fully saturated rings. The first-order valence-corrected chi connectivity index (χ1v) is 10.2. The first-order chi connectivity index (χ1) is 12.1. The fourth-order valence-corrected chi connectivity index (χ4v) is 5.90. The summed E-state index contributed by atoms with van der Waals surface area (Å²) in [5.74, 6) is 2.40. The number of nitrogens with two attached hydrogens (primary N) is 1. The molecule has 2 aliphatic carbocycles. The Morgan fingerprint density at radius 3 is 2.48 bits per heavy atom. The maximum atomic E-state index is 13.7. The zero-order chi connectivity index (χ0) is 17.4. The lowest BCUT2D eigenvalue weighted by Gasteiger charge is -2.43. The van der Waals surface area contributed by atoms with Gasteiger partial charge in [-0.25, -0.2) is 0 Å². The number of amides is 1. The quantitative estimate of drug-likeness (QED) is 0.910. The van der Waals surface area contributed by atoms with Crippen LogP contribution < -0.4 is 5.73 Å². The Labute approximate surface area is 152 Å².